The lowest BCUT2D eigenvalue weighted by Gasteiger charge is -2.26. The first-order valence-electron chi connectivity index (χ1n) is 11.0. The molecule has 0 saturated carbocycles. The quantitative estimate of drug-likeness (QED) is 0.424. The van der Waals surface area contributed by atoms with Crippen LogP contribution in [0.25, 0.3) is 6.08 Å². The molecule has 1 aliphatic heterocycles. The van der Waals surface area contributed by atoms with E-state index in [4.69, 9.17) is 14.2 Å². The molecule has 1 saturated heterocycles. The second-order valence-corrected chi connectivity index (χ2v) is 7.56. The van der Waals surface area contributed by atoms with Gasteiger partial charge in [0.05, 0.1) is 27.4 Å². The van der Waals surface area contributed by atoms with Gasteiger partial charge in [-0.05, 0) is 48.9 Å². The number of carbonyl (C=O) groups excluding carboxylic acids is 2. The Labute approximate surface area is 194 Å². The molecule has 1 heterocycles. The largest absolute Gasteiger partial charge is 0.493 e. The SMILES string of the molecule is COc1ccc(/C=C(\NC(=O)c2ccccc2)C(=O)NCCCN2CCOCC2)cc1OC. The predicted octanol–water partition coefficient (Wildman–Crippen LogP) is 2.31. The number of amides is 2. The van der Waals surface area contributed by atoms with Gasteiger partial charge in [-0.2, -0.15) is 0 Å². The normalized spacial score (nSPS) is 14.4. The molecule has 2 aromatic carbocycles. The molecule has 0 aliphatic carbocycles. The summed E-state index contributed by atoms with van der Waals surface area (Å²) in [4.78, 5) is 28.0. The van der Waals surface area contributed by atoms with E-state index in [1.54, 1.807) is 62.8 Å². The van der Waals surface area contributed by atoms with Crippen molar-refractivity contribution < 1.29 is 23.8 Å². The molecule has 2 aromatic rings. The van der Waals surface area contributed by atoms with E-state index in [9.17, 15) is 9.59 Å². The molecule has 2 amide bonds. The molecular formula is C25H31N3O5. The maximum atomic E-state index is 13.0. The number of nitrogens with zero attached hydrogens (tertiary/aromatic N) is 1. The molecule has 0 bridgehead atoms. The van der Waals surface area contributed by atoms with Crippen molar-refractivity contribution in [1.82, 2.24) is 15.5 Å². The summed E-state index contributed by atoms with van der Waals surface area (Å²) in [5.41, 5.74) is 1.32. The smallest absolute Gasteiger partial charge is 0.267 e. The standard InChI is InChI=1S/C25H31N3O5/c1-31-22-10-9-19(18-23(22)32-2)17-21(27-24(29)20-7-4-3-5-8-20)25(30)26-11-6-12-28-13-15-33-16-14-28/h3-5,7-10,17-18H,6,11-16H2,1-2H3,(H,26,30)(H,27,29)/b21-17-. The zero-order valence-electron chi connectivity index (χ0n) is 19.1. The maximum Gasteiger partial charge on any atom is 0.267 e. The molecule has 2 N–H and O–H groups in total. The minimum Gasteiger partial charge on any atom is -0.493 e. The Balaban J connectivity index is 1.71. The summed E-state index contributed by atoms with van der Waals surface area (Å²) in [6.07, 6.45) is 2.43. The second-order valence-electron chi connectivity index (χ2n) is 7.56. The summed E-state index contributed by atoms with van der Waals surface area (Å²) in [6.45, 7) is 4.69. The fourth-order valence-corrected chi connectivity index (χ4v) is 3.48. The number of hydrogen-bond donors (Lipinski definition) is 2. The first kappa shape index (κ1) is 24.3. The van der Waals surface area contributed by atoms with Crippen molar-refractivity contribution in [3.05, 3.63) is 65.4 Å². The summed E-state index contributed by atoms with van der Waals surface area (Å²) in [5.74, 6) is 0.407. The van der Waals surface area contributed by atoms with Gasteiger partial charge in [-0.1, -0.05) is 24.3 Å². The Morgan fingerprint density at radius 3 is 2.45 bits per heavy atom. The molecular weight excluding hydrogens is 422 g/mol. The highest BCUT2D eigenvalue weighted by atomic mass is 16.5. The van der Waals surface area contributed by atoms with Gasteiger partial charge in [-0.15, -0.1) is 0 Å². The summed E-state index contributed by atoms with van der Waals surface area (Å²) >= 11 is 0. The molecule has 0 spiro atoms. The zero-order chi connectivity index (χ0) is 23.5. The summed E-state index contributed by atoms with van der Waals surface area (Å²) in [5, 5.41) is 5.66. The highest BCUT2D eigenvalue weighted by molar-refractivity contribution is 6.05. The number of benzene rings is 2. The van der Waals surface area contributed by atoms with E-state index in [-0.39, 0.29) is 17.5 Å². The van der Waals surface area contributed by atoms with Crippen LogP contribution in [0, 0.1) is 0 Å². The van der Waals surface area contributed by atoms with Gasteiger partial charge >= 0.3 is 0 Å². The lowest BCUT2D eigenvalue weighted by molar-refractivity contribution is -0.117. The molecule has 0 aromatic heterocycles. The number of morpholine rings is 1. The van der Waals surface area contributed by atoms with Crippen LogP contribution in [0.4, 0.5) is 0 Å². The molecule has 176 valence electrons. The van der Waals surface area contributed by atoms with Crippen molar-refractivity contribution in [2.45, 2.75) is 6.42 Å². The van der Waals surface area contributed by atoms with Crippen LogP contribution in [0.5, 0.6) is 11.5 Å². The summed E-state index contributed by atoms with van der Waals surface area (Å²) in [7, 11) is 3.11. The lowest BCUT2D eigenvalue weighted by atomic mass is 10.1. The highest BCUT2D eigenvalue weighted by Crippen LogP contribution is 2.28. The van der Waals surface area contributed by atoms with Crippen LogP contribution < -0.4 is 20.1 Å². The average Bonchev–Trinajstić information content (AvgIpc) is 2.87. The predicted molar refractivity (Wildman–Crippen MR) is 126 cm³/mol. The lowest BCUT2D eigenvalue weighted by Crippen LogP contribution is -2.39. The van der Waals surface area contributed by atoms with Crippen molar-refractivity contribution in [1.29, 1.82) is 0 Å². The van der Waals surface area contributed by atoms with Crippen molar-refractivity contribution in [3.63, 3.8) is 0 Å². The van der Waals surface area contributed by atoms with Crippen molar-refractivity contribution in [2.24, 2.45) is 0 Å². The third kappa shape index (κ3) is 7.34. The van der Waals surface area contributed by atoms with E-state index in [1.165, 1.54) is 0 Å². The number of ether oxygens (including phenoxy) is 3. The van der Waals surface area contributed by atoms with E-state index in [1.807, 2.05) is 6.07 Å². The molecule has 0 radical (unpaired) electrons. The van der Waals surface area contributed by atoms with Crippen LogP contribution in [0.2, 0.25) is 0 Å². The topological polar surface area (TPSA) is 89.1 Å². The molecule has 1 fully saturated rings. The minimum absolute atomic E-state index is 0.155. The zero-order valence-corrected chi connectivity index (χ0v) is 19.1. The van der Waals surface area contributed by atoms with Gasteiger partial charge in [-0.3, -0.25) is 14.5 Å². The summed E-state index contributed by atoms with van der Waals surface area (Å²) in [6, 6.07) is 14.1. The average molecular weight is 454 g/mol. The monoisotopic (exact) mass is 453 g/mol. The highest BCUT2D eigenvalue weighted by Gasteiger charge is 2.16. The van der Waals surface area contributed by atoms with Gasteiger partial charge in [-0.25, -0.2) is 0 Å². The third-order valence-electron chi connectivity index (χ3n) is 5.29. The summed E-state index contributed by atoms with van der Waals surface area (Å²) < 4.78 is 16.0. The first-order valence-corrected chi connectivity index (χ1v) is 11.0. The number of nitrogens with one attached hydrogen (secondary N) is 2. The van der Waals surface area contributed by atoms with Crippen LogP contribution in [0.15, 0.2) is 54.2 Å². The fourth-order valence-electron chi connectivity index (χ4n) is 3.48. The van der Waals surface area contributed by atoms with E-state index in [2.05, 4.69) is 15.5 Å². The Kier molecular flexibility index (Phi) is 9.29. The minimum atomic E-state index is -0.356. The van der Waals surface area contributed by atoms with Crippen LogP contribution in [-0.4, -0.2) is 70.3 Å². The molecule has 1 aliphatic rings. The molecule has 8 nitrogen and oxygen atoms in total. The van der Waals surface area contributed by atoms with Gasteiger partial charge in [0.2, 0.25) is 0 Å². The van der Waals surface area contributed by atoms with E-state index < -0.39 is 0 Å². The van der Waals surface area contributed by atoms with E-state index >= 15 is 0 Å². The Bertz CT molecular complexity index is 956. The van der Waals surface area contributed by atoms with Crippen LogP contribution >= 0.6 is 0 Å². The Morgan fingerprint density at radius 2 is 1.76 bits per heavy atom. The van der Waals surface area contributed by atoms with E-state index in [0.29, 0.717) is 29.2 Å². The first-order chi connectivity index (χ1) is 16.1. The molecule has 3 rings (SSSR count). The van der Waals surface area contributed by atoms with Gasteiger partial charge in [0.15, 0.2) is 11.5 Å². The van der Waals surface area contributed by atoms with Gasteiger partial charge in [0.1, 0.15) is 5.70 Å². The van der Waals surface area contributed by atoms with Crippen LogP contribution in [0.1, 0.15) is 22.3 Å². The molecule has 0 atom stereocenters. The van der Waals surface area contributed by atoms with Gasteiger partial charge in [0, 0.05) is 25.2 Å². The van der Waals surface area contributed by atoms with Crippen molar-refractivity contribution >= 4 is 17.9 Å². The molecule has 33 heavy (non-hydrogen) atoms. The number of methoxy groups -OCH3 is 2. The third-order valence-corrected chi connectivity index (χ3v) is 5.29. The Hall–Kier alpha value is -3.36. The molecule has 8 heteroatoms. The van der Waals surface area contributed by atoms with Gasteiger partial charge < -0.3 is 24.8 Å². The van der Waals surface area contributed by atoms with Crippen LogP contribution in [-0.2, 0) is 9.53 Å². The van der Waals surface area contributed by atoms with Crippen molar-refractivity contribution in [3.8, 4) is 11.5 Å². The number of rotatable bonds is 10. The number of carbonyl (C=O) groups is 2. The van der Waals surface area contributed by atoms with Crippen molar-refractivity contribution in [2.75, 3.05) is 53.6 Å². The maximum absolute atomic E-state index is 13.0. The van der Waals surface area contributed by atoms with Gasteiger partial charge in [0.25, 0.3) is 11.8 Å². The molecule has 0 unspecified atom stereocenters. The van der Waals surface area contributed by atoms with Crippen LogP contribution in [0.3, 0.4) is 0 Å². The van der Waals surface area contributed by atoms with E-state index in [0.717, 1.165) is 39.3 Å². The second kappa shape index (κ2) is 12.6. The fraction of sp³-hybridized carbons (Fsp3) is 0.360. The number of hydrogen-bond acceptors (Lipinski definition) is 6. The Morgan fingerprint density at radius 1 is 1.03 bits per heavy atom.